The zero-order valence-electron chi connectivity index (χ0n) is 15.2. The number of rotatable bonds is 6. The third-order valence-corrected chi connectivity index (χ3v) is 5.12. The first-order valence-corrected chi connectivity index (χ1v) is 9.17. The average Bonchev–Trinajstić information content (AvgIpc) is 3.32. The van der Waals surface area contributed by atoms with Gasteiger partial charge in [0.25, 0.3) is 0 Å². The molecule has 0 spiro atoms. The molecule has 0 fully saturated rings. The summed E-state index contributed by atoms with van der Waals surface area (Å²) in [7, 11) is 0. The second kappa shape index (κ2) is 7.68. The first kappa shape index (κ1) is 18.0. The highest BCUT2D eigenvalue weighted by Crippen LogP contribution is 2.44. The SMILES string of the molecule is O=C(N[C@H](CC1=CN=CC1)C(=O)O)OCC1c2ccccc2-c2ccccc21. The van der Waals surface area contributed by atoms with E-state index in [0.29, 0.717) is 6.42 Å². The Hall–Kier alpha value is -3.41. The topological polar surface area (TPSA) is 88.0 Å². The van der Waals surface area contributed by atoms with Gasteiger partial charge >= 0.3 is 12.1 Å². The van der Waals surface area contributed by atoms with E-state index in [1.165, 1.54) is 0 Å². The number of carbonyl (C=O) groups is 2. The zero-order valence-corrected chi connectivity index (χ0v) is 15.2. The molecule has 6 heteroatoms. The van der Waals surface area contributed by atoms with Gasteiger partial charge in [0.15, 0.2) is 0 Å². The van der Waals surface area contributed by atoms with Gasteiger partial charge in [-0.25, -0.2) is 9.59 Å². The van der Waals surface area contributed by atoms with Crippen molar-refractivity contribution in [3.05, 3.63) is 71.4 Å². The number of hydrogen-bond donors (Lipinski definition) is 2. The molecule has 2 N–H and O–H groups in total. The average molecular weight is 376 g/mol. The smallest absolute Gasteiger partial charge is 0.407 e. The number of aliphatic carboxylic acids is 1. The Morgan fingerprint density at radius 3 is 2.32 bits per heavy atom. The number of ether oxygens (including phenoxy) is 1. The largest absolute Gasteiger partial charge is 0.480 e. The molecule has 1 aliphatic carbocycles. The van der Waals surface area contributed by atoms with Crippen molar-refractivity contribution in [3.63, 3.8) is 0 Å². The monoisotopic (exact) mass is 376 g/mol. The minimum absolute atomic E-state index is 0.0626. The molecule has 28 heavy (non-hydrogen) atoms. The number of carboxylic acid groups (broad SMARTS) is 1. The van der Waals surface area contributed by atoms with Crippen LogP contribution in [-0.4, -0.2) is 36.0 Å². The Morgan fingerprint density at radius 1 is 1.11 bits per heavy atom. The van der Waals surface area contributed by atoms with E-state index in [4.69, 9.17) is 4.74 Å². The number of benzene rings is 2. The molecule has 0 saturated carbocycles. The summed E-state index contributed by atoms with van der Waals surface area (Å²) in [5.41, 5.74) is 5.37. The maximum absolute atomic E-state index is 12.3. The summed E-state index contributed by atoms with van der Waals surface area (Å²) < 4.78 is 5.42. The number of nitrogens with zero attached hydrogens (tertiary/aromatic N) is 1. The fourth-order valence-corrected chi connectivity index (χ4v) is 3.76. The van der Waals surface area contributed by atoms with Crippen LogP contribution >= 0.6 is 0 Å². The van der Waals surface area contributed by atoms with Crippen molar-refractivity contribution in [1.82, 2.24) is 5.32 Å². The maximum Gasteiger partial charge on any atom is 0.407 e. The van der Waals surface area contributed by atoms with Crippen LogP contribution in [0.1, 0.15) is 29.9 Å². The van der Waals surface area contributed by atoms with E-state index in [2.05, 4.69) is 22.4 Å². The van der Waals surface area contributed by atoms with Crippen LogP contribution in [0, 0.1) is 0 Å². The predicted molar refractivity (Wildman–Crippen MR) is 105 cm³/mol. The first-order chi connectivity index (χ1) is 13.6. The summed E-state index contributed by atoms with van der Waals surface area (Å²) in [6.07, 6.45) is 3.43. The van der Waals surface area contributed by atoms with Crippen LogP contribution in [0.25, 0.3) is 11.1 Å². The fourth-order valence-electron chi connectivity index (χ4n) is 3.76. The molecule has 0 saturated heterocycles. The number of carbonyl (C=O) groups excluding carboxylic acids is 1. The van der Waals surface area contributed by atoms with Crippen molar-refractivity contribution < 1.29 is 19.4 Å². The molecule has 142 valence electrons. The van der Waals surface area contributed by atoms with Crippen LogP contribution in [0.3, 0.4) is 0 Å². The second-order valence-corrected chi connectivity index (χ2v) is 6.89. The number of aliphatic imine (C=N–C) groups is 1. The number of alkyl carbamates (subject to hydrolysis) is 1. The van der Waals surface area contributed by atoms with Crippen LogP contribution in [0.15, 0.2) is 65.3 Å². The minimum Gasteiger partial charge on any atom is -0.480 e. The zero-order chi connectivity index (χ0) is 19.5. The van der Waals surface area contributed by atoms with Crippen molar-refractivity contribution in [2.75, 3.05) is 6.61 Å². The Kier molecular flexibility index (Phi) is 4.93. The van der Waals surface area contributed by atoms with Crippen molar-refractivity contribution >= 4 is 18.3 Å². The summed E-state index contributed by atoms with van der Waals surface area (Å²) in [5, 5.41) is 11.8. The number of hydrogen-bond acceptors (Lipinski definition) is 4. The standard InChI is InChI=1S/C22H20N2O4/c25-21(26)20(11-14-9-10-23-12-14)24-22(27)28-13-19-17-7-3-1-5-15(17)16-6-2-4-8-18(16)19/h1-8,10,12,19-20H,9,11,13H2,(H,24,27)(H,25,26)/t20-/m1/s1. The quantitative estimate of drug-likeness (QED) is 0.804. The van der Waals surface area contributed by atoms with Gasteiger partial charge in [-0.05, 0) is 27.8 Å². The van der Waals surface area contributed by atoms with Gasteiger partial charge < -0.3 is 15.2 Å². The van der Waals surface area contributed by atoms with Gasteiger partial charge in [-0.15, -0.1) is 0 Å². The highest BCUT2D eigenvalue weighted by Gasteiger charge is 2.30. The van der Waals surface area contributed by atoms with Crippen molar-refractivity contribution in [1.29, 1.82) is 0 Å². The maximum atomic E-state index is 12.3. The van der Waals surface area contributed by atoms with E-state index in [1.54, 1.807) is 12.4 Å². The Balaban J connectivity index is 1.42. The highest BCUT2D eigenvalue weighted by atomic mass is 16.5. The second-order valence-electron chi connectivity index (χ2n) is 6.89. The van der Waals surface area contributed by atoms with Gasteiger partial charge in [0.2, 0.25) is 0 Å². The van der Waals surface area contributed by atoms with Crippen LogP contribution in [0.4, 0.5) is 4.79 Å². The molecule has 0 aromatic heterocycles. The molecule has 2 aromatic carbocycles. The van der Waals surface area contributed by atoms with Gasteiger partial charge in [-0.2, -0.15) is 0 Å². The lowest BCUT2D eigenvalue weighted by Crippen LogP contribution is -2.41. The minimum atomic E-state index is -1.10. The fraction of sp³-hybridized carbons (Fsp3) is 0.227. The molecule has 4 rings (SSSR count). The van der Waals surface area contributed by atoms with Gasteiger partial charge in [0.1, 0.15) is 12.6 Å². The van der Waals surface area contributed by atoms with Crippen LogP contribution in [-0.2, 0) is 9.53 Å². The van der Waals surface area contributed by atoms with Gasteiger partial charge in [0, 0.05) is 31.2 Å². The lowest BCUT2D eigenvalue weighted by atomic mass is 9.98. The molecule has 1 atom stereocenters. The van der Waals surface area contributed by atoms with E-state index in [-0.39, 0.29) is 18.9 Å². The summed E-state index contributed by atoms with van der Waals surface area (Å²) in [5.74, 6) is -1.16. The molecule has 0 unspecified atom stereocenters. The van der Waals surface area contributed by atoms with Crippen LogP contribution in [0.2, 0.25) is 0 Å². The third-order valence-electron chi connectivity index (χ3n) is 5.12. The summed E-state index contributed by atoms with van der Waals surface area (Å²) >= 11 is 0. The molecule has 2 aromatic rings. The first-order valence-electron chi connectivity index (χ1n) is 9.17. The van der Waals surface area contributed by atoms with Gasteiger partial charge in [-0.1, -0.05) is 48.5 Å². The summed E-state index contributed by atoms with van der Waals surface area (Å²) in [6, 6.07) is 15.1. The lowest BCUT2D eigenvalue weighted by molar-refractivity contribution is -0.139. The van der Waals surface area contributed by atoms with E-state index >= 15 is 0 Å². The van der Waals surface area contributed by atoms with Crippen molar-refractivity contribution in [3.8, 4) is 11.1 Å². The highest BCUT2D eigenvalue weighted by molar-refractivity contribution is 5.81. The van der Waals surface area contributed by atoms with Crippen LogP contribution < -0.4 is 5.32 Å². The molecule has 6 nitrogen and oxygen atoms in total. The van der Waals surface area contributed by atoms with E-state index in [0.717, 1.165) is 27.8 Å². The normalized spacial score (nSPS) is 15.5. The Morgan fingerprint density at radius 2 is 1.75 bits per heavy atom. The number of carboxylic acids is 1. The van der Waals surface area contributed by atoms with E-state index in [1.807, 2.05) is 36.4 Å². The molecular formula is C22H20N2O4. The van der Waals surface area contributed by atoms with Crippen molar-refractivity contribution in [2.24, 2.45) is 4.99 Å². The third kappa shape index (κ3) is 3.53. The molecule has 2 aliphatic rings. The molecule has 0 bridgehead atoms. The Labute approximate surface area is 162 Å². The van der Waals surface area contributed by atoms with Gasteiger partial charge in [-0.3, -0.25) is 4.99 Å². The molecular weight excluding hydrogens is 356 g/mol. The number of fused-ring (bicyclic) bond motifs is 3. The number of amides is 1. The summed E-state index contributed by atoms with van der Waals surface area (Å²) in [6.45, 7) is 0.151. The number of nitrogens with one attached hydrogen (secondary N) is 1. The molecule has 1 heterocycles. The Bertz CT molecular complexity index is 935. The molecule has 0 radical (unpaired) electrons. The lowest BCUT2D eigenvalue weighted by Gasteiger charge is -2.17. The van der Waals surface area contributed by atoms with E-state index < -0.39 is 18.1 Å². The summed E-state index contributed by atoms with van der Waals surface area (Å²) in [4.78, 5) is 27.7. The molecule has 1 aliphatic heterocycles. The van der Waals surface area contributed by atoms with Gasteiger partial charge in [0.05, 0.1) is 0 Å². The van der Waals surface area contributed by atoms with E-state index in [9.17, 15) is 14.7 Å². The van der Waals surface area contributed by atoms with Crippen LogP contribution in [0.5, 0.6) is 0 Å². The molecule has 1 amide bonds. The van der Waals surface area contributed by atoms with Crippen molar-refractivity contribution in [2.45, 2.75) is 24.8 Å². The predicted octanol–water partition coefficient (Wildman–Crippen LogP) is 3.73.